The Balaban J connectivity index is 1.59. The van der Waals surface area contributed by atoms with E-state index in [0.717, 1.165) is 47.5 Å². The Morgan fingerprint density at radius 3 is 2.24 bits per heavy atom. The van der Waals surface area contributed by atoms with Crippen molar-refractivity contribution in [2.24, 2.45) is 0 Å². The summed E-state index contributed by atoms with van der Waals surface area (Å²) >= 11 is 13.0. The molecule has 258 valence electrons. The maximum absolute atomic E-state index is 14.8. The van der Waals surface area contributed by atoms with Crippen molar-refractivity contribution >= 4 is 50.7 Å². The average molecular weight is 723 g/mol. The van der Waals surface area contributed by atoms with Crippen LogP contribution in [0.2, 0.25) is 10.0 Å². The van der Waals surface area contributed by atoms with E-state index in [-0.39, 0.29) is 45.5 Å². The summed E-state index contributed by atoms with van der Waals surface area (Å²) in [6.45, 7) is 1.24. The molecule has 1 N–H and O–H groups in total. The minimum Gasteiger partial charge on any atom is -0.497 e. The van der Waals surface area contributed by atoms with Gasteiger partial charge in [-0.25, -0.2) is 8.42 Å². The molecule has 4 aromatic rings. The number of carbonyl (C=O) groups is 2. The minimum absolute atomic E-state index is 0.00280. The van der Waals surface area contributed by atoms with Gasteiger partial charge in [0.2, 0.25) is 11.8 Å². The molecule has 0 saturated heterocycles. The molecular formula is C38H41Cl2N3O5S. The van der Waals surface area contributed by atoms with E-state index in [1.165, 1.54) is 23.1 Å². The van der Waals surface area contributed by atoms with Crippen LogP contribution in [0.5, 0.6) is 5.75 Å². The average Bonchev–Trinajstić information content (AvgIpc) is 3.11. The Kier molecular flexibility index (Phi) is 12.3. The Labute approximate surface area is 299 Å². The first-order chi connectivity index (χ1) is 23.6. The fourth-order valence-electron chi connectivity index (χ4n) is 6.10. The second-order valence-electron chi connectivity index (χ2n) is 12.3. The zero-order chi connectivity index (χ0) is 35.0. The maximum Gasteiger partial charge on any atom is 0.264 e. The first kappa shape index (κ1) is 36.2. The Morgan fingerprint density at radius 1 is 0.878 bits per heavy atom. The van der Waals surface area contributed by atoms with Gasteiger partial charge in [0.15, 0.2) is 0 Å². The molecule has 1 atom stereocenters. The van der Waals surface area contributed by atoms with E-state index in [4.69, 9.17) is 27.9 Å². The first-order valence-electron chi connectivity index (χ1n) is 16.4. The van der Waals surface area contributed by atoms with Crippen molar-refractivity contribution in [3.8, 4) is 5.75 Å². The van der Waals surface area contributed by atoms with Crippen LogP contribution in [0.4, 0.5) is 5.69 Å². The van der Waals surface area contributed by atoms with Crippen molar-refractivity contribution in [3.63, 3.8) is 0 Å². The van der Waals surface area contributed by atoms with Gasteiger partial charge in [0, 0.05) is 19.0 Å². The summed E-state index contributed by atoms with van der Waals surface area (Å²) in [5, 5.41) is 3.34. The fourth-order valence-corrected chi connectivity index (χ4v) is 7.98. The summed E-state index contributed by atoms with van der Waals surface area (Å²) in [4.78, 5) is 30.5. The van der Waals surface area contributed by atoms with Crippen LogP contribution in [0, 0.1) is 6.92 Å². The van der Waals surface area contributed by atoms with E-state index in [9.17, 15) is 18.0 Å². The van der Waals surface area contributed by atoms with Crippen molar-refractivity contribution in [2.75, 3.05) is 18.0 Å². The van der Waals surface area contributed by atoms with Crippen LogP contribution in [0.15, 0.2) is 102 Å². The lowest BCUT2D eigenvalue weighted by molar-refractivity contribution is -0.140. The molecule has 1 aliphatic rings. The van der Waals surface area contributed by atoms with Crippen molar-refractivity contribution < 1.29 is 22.7 Å². The standard InChI is InChI=1S/C38H41Cl2N3O5S/c1-27-19-21-32(22-20-27)49(46,47)43(34-18-10-17-33(39)37(34)40)26-36(44)42(25-29-13-9-16-31(23-29)48-2)35(24-28-11-5-3-6-12-28)38(45)41-30-14-7-4-8-15-30/h3,5-6,9-13,16-23,30,35H,4,7-8,14-15,24-26H2,1-2H3,(H,41,45)/t35-/m1/s1. The number of carbonyl (C=O) groups excluding carboxylic acids is 2. The second-order valence-corrected chi connectivity index (χ2v) is 15.0. The molecule has 11 heteroatoms. The SMILES string of the molecule is COc1cccc(CN(C(=O)CN(c2cccc(Cl)c2Cl)S(=O)(=O)c2ccc(C)cc2)[C@H](Cc2ccccc2)C(=O)NC2CCCCC2)c1. The third-order valence-corrected chi connectivity index (χ3v) is 11.4. The summed E-state index contributed by atoms with van der Waals surface area (Å²) in [7, 11) is -2.77. The van der Waals surface area contributed by atoms with Crippen LogP contribution in [0.1, 0.15) is 48.8 Å². The molecule has 0 bridgehead atoms. The summed E-state index contributed by atoms with van der Waals surface area (Å²) in [6.07, 6.45) is 5.11. The molecule has 1 saturated carbocycles. The number of anilines is 1. The summed E-state index contributed by atoms with van der Waals surface area (Å²) in [6, 6.07) is 26.8. The number of amides is 2. The molecular weight excluding hydrogens is 681 g/mol. The van der Waals surface area contributed by atoms with Gasteiger partial charge in [-0.05, 0) is 67.3 Å². The number of rotatable bonds is 13. The monoisotopic (exact) mass is 721 g/mol. The lowest BCUT2D eigenvalue weighted by Crippen LogP contribution is -2.55. The molecule has 2 amide bonds. The van der Waals surface area contributed by atoms with Crippen molar-refractivity contribution in [1.82, 2.24) is 10.2 Å². The smallest absolute Gasteiger partial charge is 0.264 e. The van der Waals surface area contributed by atoms with Gasteiger partial charge in [-0.1, -0.05) is 109 Å². The van der Waals surface area contributed by atoms with Gasteiger partial charge in [-0.3, -0.25) is 13.9 Å². The van der Waals surface area contributed by atoms with Crippen molar-refractivity contribution in [3.05, 3.63) is 124 Å². The highest BCUT2D eigenvalue weighted by molar-refractivity contribution is 7.92. The second kappa shape index (κ2) is 16.6. The largest absolute Gasteiger partial charge is 0.497 e. The van der Waals surface area contributed by atoms with Gasteiger partial charge in [-0.2, -0.15) is 0 Å². The van der Waals surface area contributed by atoms with Gasteiger partial charge in [0.05, 0.1) is 27.7 Å². The molecule has 8 nitrogen and oxygen atoms in total. The number of hydrogen-bond acceptors (Lipinski definition) is 5. The Hall–Kier alpha value is -4.05. The van der Waals surface area contributed by atoms with Gasteiger partial charge >= 0.3 is 0 Å². The Morgan fingerprint density at radius 2 is 1.55 bits per heavy atom. The highest BCUT2D eigenvalue weighted by atomic mass is 35.5. The minimum atomic E-state index is -4.33. The number of halogens is 2. The lowest BCUT2D eigenvalue weighted by Gasteiger charge is -2.35. The highest BCUT2D eigenvalue weighted by Gasteiger charge is 2.36. The highest BCUT2D eigenvalue weighted by Crippen LogP contribution is 2.36. The molecule has 1 aliphatic carbocycles. The van der Waals surface area contributed by atoms with Crippen LogP contribution in [-0.4, -0.2) is 50.9 Å². The molecule has 1 fully saturated rings. The lowest BCUT2D eigenvalue weighted by atomic mass is 9.94. The molecule has 4 aromatic carbocycles. The van der Waals surface area contributed by atoms with Gasteiger partial charge in [-0.15, -0.1) is 0 Å². The van der Waals surface area contributed by atoms with Gasteiger partial charge in [0.25, 0.3) is 10.0 Å². The molecule has 49 heavy (non-hydrogen) atoms. The normalized spacial score (nSPS) is 14.1. The molecule has 0 unspecified atom stereocenters. The van der Waals surface area contributed by atoms with Crippen LogP contribution in [0.25, 0.3) is 0 Å². The third-order valence-electron chi connectivity index (χ3n) is 8.80. The quantitative estimate of drug-likeness (QED) is 0.154. The predicted molar refractivity (Wildman–Crippen MR) is 195 cm³/mol. The third kappa shape index (κ3) is 9.15. The van der Waals surface area contributed by atoms with Gasteiger partial charge in [0.1, 0.15) is 18.3 Å². The van der Waals surface area contributed by atoms with E-state index in [1.54, 1.807) is 43.5 Å². The van der Waals surface area contributed by atoms with E-state index in [2.05, 4.69) is 5.32 Å². The molecule has 5 rings (SSSR count). The van der Waals surface area contributed by atoms with E-state index < -0.39 is 28.5 Å². The summed E-state index contributed by atoms with van der Waals surface area (Å²) < 4.78 is 35.1. The number of aryl methyl sites for hydroxylation is 1. The zero-order valence-electron chi connectivity index (χ0n) is 27.6. The number of nitrogens with one attached hydrogen (secondary N) is 1. The first-order valence-corrected chi connectivity index (χ1v) is 18.6. The van der Waals surface area contributed by atoms with Crippen LogP contribution in [0.3, 0.4) is 0 Å². The number of ether oxygens (including phenoxy) is 1. The number of nitrogens with zero attached hydrogens (tertiary/aromatic N) is 2. The Bertz CT molecular complexity index is 1850. The van der Waals surface area contributed by atoms with Crippen LogP contribution < -0.4 is 14.4 Å². The number of benzene rings is 4. The van der Waals surface area contributed by atoms with Crippen molar-refractivity contribution in [1.29, 1.82) is 0 Å². The van der Waals surface area contributed by atoms with E-state index in [1.807, 2.05) is 49.4 Å². The molecule has 0 spiro atoms. The number of hydrogen-bond donors (Lipinski definition) is 1. The van der Waals surface area contributed by atoms with Crippen molar-refractivity contribution in [2.45, 2.75) is 69.0 Å². The fraction of sp³-hybridized carbons (Fsp3) is 0.316. The van der Waals surface area contributed by atoms with E-state index in [0.29, 0.717) is 11.3 Å². The maximum atomic E-state index is 14.8. The molecule has 0 radical (unpaired) electrons. The number of methoxy groups -OCH3 is 1. The molecule has 0 aliphatic heterocycles. The zero-order valence-corrected chi connectivity index (χ0v) is 30.0. The van der Waals surface area contributed by atoms with Crippen LogP contribution in [-0.2, 0) is 32.6 Å². The molecule has 0 heterocycles. The topological polar surface area (TPSA) is 96.0 Å². The molecule has 0 aromatic heterocycles. The van der Waals surface area contributed by atoms with Gasteiger partial charge < -0.3 is 15.0 Å². The van der Waals surface area contributed by atoms with E-state index >= 15 is 0 Å². The summed E-state index contributed by atoms with van der Waals surface area (Å²) in [5.41, 5.74) is 2.50. The number of sulfonamides is 1. The summed E-state index contributed by atoms with van der Waals surface area (Å²) in [5.74, 6) is -0.291. The van der Waals surface area contributed by atoms with Crippen LogP contribution >= 0.6 is 23.2 Å². The predicted octanol–water partition coefficient (Wildman–Crippen LogP) is 7.59.